The van der Waals surface area contributed by atoms with Crippen LogP contribution in [0.2, 0.25) is 0 Å². The number of alkyl halides is 1. The minimum absolute atomic E-state index is 0.0834. The van der Waals surface area contributed by atoms with Crippen molar-refractivity contribution in [3.8, 4) is 0 Å². The number of fused-ring (bicyclic) bond motifs is 1. The Morgan fingerprint density at radius 3 is 2.73 bits per heavy atom. The number of dihydropyridines is 1. The first-order valence-electron chi connectivity index (χ1n) is 9.93. The summed E-state index contributed by atoms with van der Waals surface area (Å²) < 4.78 is 14.6. The molecule has 2 aromatic heterocycles. The monoisotopic (exact) mass is 410 g/mol. The van der Waals surface area contributed by atoms with E-state index in [-0.39, 0.29) is 29.6 Å². The number of aromatic nitrogens is 2. The Hall–Kier alpha value is -3.29. The summed E-state index contributed by atoms with van der Waals surface area (Å²) in [7, 11) is 1.65. The number of halogens is 1. The van der Waals surface area contributed by atoms with Gasteiger partial charge >= 0.3 is 0 Å². The van der Waals surface area contributed by atoms with Crippen molar-refractivity contribution in [1.29, 1.82) is 0 Å². The van der Waals surface area contributed by atoms with E-state index in [0.717, 1.165) is 16.5 Å². The van der Waals surface area contributed by atoms with E-state index in [1.807, 2.05) is 19.9 Å². The highest BCUT2D eigenvalue weighted by Gasteiger charge is 2.43. The maximum absolute atomic E-state index is 13.1. The molecule has 0 radical (unpaired) electrons. The molecule has 1 aliphatic heterocycles. The third-order valence-electron chi connectivity index (χ3n) is 5.64. The van der Waals surface area contributed by atoms with Gasteiger partial charge in [0.25, 0.3) is 5.56 Å². The topological polar surface area (TPSA) is 93.1 Å². The number of anilines is 1. The van der Waals surface area contributed by atoms with Crippen LogP contribution in [0, 0.1) is 5.92 Å². The van der Waals surface area contributed by atoms with Crippen LogP contribution >= 0.6 is 0 Å². The second-order valence-electron chi connectivity index (χ2n) is 7.77. The van der Waals surface area contributed by atoms with E-state index in [0.29, 0.717) is 17.5 Å². The minimum Gasteiger partial charge on any atom is -0.378 e. The number of rotatable bonds is 5. The lowest BCUT2D eigenvalue weighted by Crippen LogP contribution is -2.34. The van der Waals surface area contributed by atoms with E-state index < -0.39 is 18.0 Å². The van der Waals surface area contributed by atoms with E-state index in [1.165, 1.54) is 4.57 Å². The van der Waals surface area contributed by atoms with Gasteiger partial charge in [0.05, 0.1) is 11.4 Å². The third kappa shape index (κ3) is 3.53. The van der Waals surface area contributed by atoms with Gasteiger partial charge in [-0.25, -0.2) is 9.37 Å². The average molecular weight is 410 g/mol. The molecule has 2 aromatic rings. The van der Waals surface area contributed by atoms with Crippen molar-refractivity contribution < 1.29 is 14.0 Å². The molecule has 0 spiro atoms. The molecule has 0 saturated heterocycles. The number of nitrogens with zero attached hydrogens (tertiary/aromatic N) is 2. The van der Waals surface area contributed by atoms with Crippen LogP contribution < -0.4 is 16.2 Å². The standard InChI is InChI=1S/C22H23FN4O3/c1-4-19(28)17-5-11(2)15(10-24-17)13-6-12-9-25-20(8-18(12)27(3)22(13)30)26-21(29)14-7-16(14)23/h5-6,8-10,14,16-17,24H,4,7H2,1-3H3,(H,25,26,29). The summed E-state index contributed by atoms with van der Waals surface area (Å²) in [4.78, 5) is 41.2. The molecule has 8 heteroatoms. The molecule has 1 saturated carbocycles. The summed E-state index contributed by atoms with van der Waals surface area (Å²) in [5.41, 5.74) is 2.45. The third-order valence-corrected chi connectivity index (χ3v) is 5.64. The Morgan fingerprint density at radius 2 is 2.10 bits per heavy atom. The Kier molecular flexibility index (Phi) is 5.01. The highest BCUT2D eigenvalue weighted by molar-refractivity contribution is 5.96. The molecule has 0 bridgehead atoms. The van der Waals surface area contributed by atoms with Gasteiger partial charge in [-0.3, -0.25) is 14.4 Å². The van der Waals surface area contributed by atoms with Gasteiger partial charge in [0.15, 0.2) is 5.78 Å². The van der Waals surface area contributed by atoms with E-state index >= 15 is 0 Å². The highest BCUT2D eigenvalue weighted by atomic mass is 19.1. The lowest BCUT2D eigenvalue weighted by Gasteiger charge is -2.21. The summed E-state index contributed by atoms with van der Waals surface area (Å²) in [6, 6.07) is 2.98. The van der Waals surface area contributed by atoms with Crippen LogP contribution in [-0.2, 0) is 16.6 Å². The normalized spacial score (nSPS) is 22.7. The van der Waals surface area contributed by atoms with E-state index in [2.05, 4.69) is 15.6 Å². The zero-order valence-corrected chi connectivity index (χ0v) is 17.0. The van der Waals surface area contributed by atoms with Crippen LogP contribution in [0.5, 0.6) is 0 Å². The molecule has 3 heterocycles. The van der Waals surface area contributed by atoms with Crippen molar-refractivity contribution in [2.45, 2.75) is 38.9 Å². The minimum atomic E-state index is -1.08. The number of carbonyl (C=O) groups excluding carboxylic acids is 2. The molecule has 2 aliphatic rings. The van der Waals surface area contributed by atoms with Crippen LogP contribution in [0.15, 0.2) is 41.0 Å². The molecular weight excluding hydrogens is 387 g/mol. The smallest absolute Gasteiger partial charge is 0.258 e. The Balaban J connectivity index is 1.67. The second-order valence-corrected chi connectivity index (χ2v) is 7.77. The van der Waals surface area contributed by atoms with E-state index in [1.54, 1.807) is 31.6 Å². The van der Waals surface area contributed by atoms with Gasteiger partial charge in [-0.1, -0.05) is 13.0 Å². The van der Waals surface area contributed by atoms with Gasteiger partial charge in [0, 0.05) is 48.5 Å². The SMILES string of the molecule is CCC(=O)C1C=C(C)C(c2cc3cnc(NC(=O)C4CC4F)cc3n(C)c2=O)=CN1. The predicted molar refractivity (Wildman–Crippen MR) is 113 cm³/mol. The fourth-order valence-corrected chi connectivity index (χ4v) is 3.65. The molecule has 1 amide bonds. The largest absolute Gasteiger partial charge is 0.378 e. The Morgan fingerprint density at radius 1 is 1.37 bits per heavy atom. The molecule has 7 nitrogen and oxygen atoms in total. The number of pyridine rings is 2. The first-order chi connectivity index (χ1) is 14.3. The predicted octanol–water partition coefficient (Wildman–Crippen LogP) is 2.47. The maximum Gasteiger partial charge on any atom is 0.258 e. The highest BCUT2D eigenvalue weighted by Crippen LogP contribution is 2.34. The number of hydrogen-bond acceptors (Lipinski definition) is 5. The van der Waals surface area contributed by atoms with Crippen molar-refractivity contribution in [3.05, 3.63) is 52.1 Å². The number of aryl methyl sites for hydroxylation is 1. The number of nitrogens with one attached hydrogen (secondary N) is 2. The number of allylic oxidation sites excluding steroid dienone is 2. The fraction of sp³-hybridized carbons (Fsp3) is 0.364. The zero-order valence-electron chi connectivity index (χ0n) is 17.0. The Labute approximate surface area is 172 Å². The van der Waals surface area contributed by atoms with Crippen LogP contribution in [0.3, 0.4) is 0 Å². The lowest BCUT2D eigenvalue weighted by atomic mass is 9.94. The molecule has 3 unspecified atom stereocenters. The number of ketones is 1. The fourth-order valence-electron chi connectivity index (χ4n) is 3.65. The van der Waals surface area contributed by atoms with Gasteiger partial charge in [-0.15, -0.1) is 0 Å². The van der Waals surface area contributed by atoms with Gasteiger partial charge in [0.2, 0.25) is 5.91 Å². The molecular formula is C22H23FN4O3. The summed E-state index contributed by atoms with van der Waals surface area (Å²) in [6.45, 7) is 3.69. The molecule has 4 rings (SSSR count). The van der Waals surface area contributed by atoms with E-state index in [4.69, 9.17) is 0 Å². The summed E-state index contributed by atoms with van der Waals surface area (Å²) >= 11 is 0. The van der Waals surface area contributed by atoms with Crippen LogP contribution in [0.4, 0.5) is 10.2 Å². The van der Waals surface area contributed by atoms with Gasteiger partial charge < -0.3 is 15.2 Å². The Bertz CT molecular complexity index is 1180. The average Bonchev–Trinajstić information content (AvgIpc) is 3.47. The van der Waals surface area contributed by atoms with Crippen LogP contribution in [0.25, 0.3) is 16.5 Å². The number of amides is 1. The van der Waals surface area contributed by atoms with Gasteiger partial charge in [0.1, 0.15) is 18.0 Å². The quantitative estimate of drug-likeness (QED) is 0.790. The molecule has 0 aromatic carbocycles. The van der Waals surface area contributed by atoms with Crippen molar-refractivity contribution in [1.82, 2.24) is 14.9 Å². The van der Waals surface area contributed by atoms with Gasteiger partial charge in [-0.2, -0.15) is 0 Å². The molecule has 1 aliphatic carbocycles. The molecule has 1 fully saturated rings. The van der Waals surface area contributed by atoms with Crippen molar-refractivity contribution in [3.63, 3.8) is 0 Å². The summed E-state index contributed by atoms with van der Waals surface area (Å²) in [5, 5.41) is 6.40. The molecule has 2 N–H and O–H groups in total. The molecule has 3 atom stereocenters. The van der Waals surface area contributed by atoms with Crippen molar-refractivity contribution in [2.24, 2.45) is 13.0 Å². The molecule has 156 valence electrons. The first kappa shape index (κ1) is 20.0. The number of carbonyl (C=O) groups is 2. The van der Waals surface area contributed by atoms with E-state index in [9.17, 15) is 18.8 Å². The summed E-state index contributed by atoms with van der Waals surface area (Å²) in [5.74, 6) is -0.644. The first-order valence-corrected chi connectivity index (χ1v) is 9.93. The van der Waals surface area contributed by atoms with Gasteiger partial charge in [-0.05, 0) is 25.0 Å². The number of Topliss-reactive ketones (excluding diaryl/α,β-unsaturated/α-hetero) is 1. The maximum atomic E-state index is 13.1. The zero-order chi connectivity index (χ0) is 21.6. The lowest BCUT2D eigenvalue weighted by molar-refractivity contribution is -0.119. The second kappa shape index (κ2) is 7.51. The molecule has 30 heavy (non-hydrogen) atoms. The van der Waals surface area contributed by atoms with Crippen molar-refractivity contribution in [2.75, 3.05) is 5.32 Å². The number of hydrogen-bond donors (Lipinski definition) is 2. The van der Waals surface area contributed by atoms with Crippen LogP contribution in [-0.4, -0.2) is 33.5 Å². The summed E-state index contributed by atoms with van der Waals surface area (Å²) in [6.07, 6.45) is 4.70. The van der Waals surface area contributed by atoms with Crippen LogP contribution in [0.1, 0.15) is 32.3 Å². The van der Waals surface area contributed by atoms with Crippen molar-refractivity contribution >= 4 is 34.0 Å².